The molecule has 0 aliphatic carbocycles. The fraction of sp³-hybridized carbons (Fsp3) is 0. The van der Waals surface area contributed by atoms with Crippen molar-refractivity contribution in [2.45, 2.75) is 0 Å². The van der Waals surface area contributed by atoms with Gasteiger partial charge in [-0.15, -0.1) is 0 Å². The lowest BCUT2D eigenvalue weighted by Crippen LogP contribution is -1.73. The molecule has 4 rings (SSSR count). The third kappa shape index (κ3) is 1.14. The van der Waals surface area contributed by atoms with Crippen molar-refractivity contribution in [2.24, 2.45) is 0 Å². The molecule has 1 aromatic heterocycles. The molecule has 0 aliphatic heterocycles. The van der Waals surface area contributed by atoms with E-state index in [1.54, 1.807) is 6.07 Å². The van der Waals surface area contributed by atoms with Gasteiger partial charge in [-0.2, -0.15) is 0 Å². The Morgan fingerprint density at radius 1 is 0.765 bits per heavy atom. The number of benzene rings is 3. The predicted octanol–water partition coefficient (Wildman–Crippen LogP) is 4.74. The molecule has 80 valence electrons. The summed E-state index contributed by atoms with van der Waals surface area (Å²) < 4.78 is 13.7. The first kappa shape index (κ1) is 7.91. The van der Waals surface area contributed by atoms with Crippen molar-refractivity contribution >= 4 is 32.7 Å². The number of fused-ring (bicyclic) bond motifs is 5. The zero-order valence-electron chi connectivity index (χ0n) is 10.1. The van der Waals surface area contributed by atoms with Gasteiger partial charge in [-0.1, -0.05) is 48.5 Å². The molecule has 0 spiro atoms. The first-order valence-electron chi connectivity index (χ1n) is 6.14. The first-order chi connectivity index (χ1) is 8.84. The van der Waals surface area contributed by atoms with Crippen LogP contribution in [-0.2, 0) is 0 Å². The standard InChI is InChI=1S/C16H10O/c1-2-6-12-11(5-1)9-10-15-16(12)13-7-3-4-8-14(13)17-15/h1-10H/i8D. The van der Waals surface area contributed by atoms with Gasteiger partial charge in [-0.3, -0.25) is 0 Å². The normalized spacial score (nSPS) is 12.4. The van der Waals surface area contributed by atoms with Crippen molar-refractivity contribution in [3.63, 3.8) is 0 Å². The smallest absolute Gasteiger partial charge is 0.136 e. The second-order valence-electron chi connectivity index (χ2n) is 4.17. The Morgan fingerprint density at radius 2 is 1.59 bits per heavy atom. The van der Waals surface area contributed by atoms with Crippen molar-refractivity contribution in [3.05, 3.63) is 60.6 Å². The fourth-order valence-electron chi connectivity index (χ4n) is 2.43. The van der Waals surface area contributed by atoms with Crippen molar-refractivity contribution in [2.75, 3.05) is 0 Å². The van der Waals surface area contributed by atoms with Crippen molar-refractivity contribution < 1.29 is 5.79 Å². The van der Waals surface area contributed by atoms with Gasteiger partial charge in [-0.05, 0) is 22.9 Å². The molecule has 0 fully saturated rings. The molecule has 0 saturated heterocycles. The van der Waals surface area contributed by atoms with E-state index in [9.17, 15) is 0 Å². The maximum atomic E-state index is 7.91. The first-order valence-corrected chi connectivity index (χ1v) is 5.64. The van der Waals surface area contributed by atoms with Gasteiger partial charge >= 0.3 is 0 Å². The SMILES string of the molecule is [2H]c1cccc2c1oc1ccc3ccccc3c12. The van der Waals surface area contributed by atoms with Crippen LogP contribution in [0.4, 0.5) is 0 Å². The number of para-hydroxylation sites is 1. The third-order valence-electron chi connectivity index (χ3n) is 3.19. The van der Waals surface area contributed by atoms with Crippen LogP contribution in [0.5, 0.6) is 0 Å². The summed E-state index contributed by atoms with van der Waals surface area (Å²) in [5.74, 6) is 0. The molecule has 0 N–H and O–H groups in total. The molecule has 1 nitrogen and oxygen atoms in total. The van der Waals surface area contributed by atoms with Crippen LogP contribution in [0.3, 0.4) is 0 Å². The van der Waals surface area contributed by atoms with Gasteiger partial charge in [0.05, 0.1) is 1.37 Å². The predicted molar refractivity (Wildman–Crippen MR) is 71.2 cm³/mol. The molecule has 0 bridgehead atoms. The molecule has 1 heterocycles. The summed E-state index contributed by atoms with van der Waals surface area (Å²) in [5.41, 5.74) is 1.52. The highest BCUT2D eigenvalue weighted by atomic mass is 16.3. The molecule has 0 amide bonds. The van der Waals surface area contributed by atoms with Crippen LogP contribution in [0.15, 0.2) is 65.1 Å². The van der Waals surface area contributed by atoms with E-state index >= 15 is 0 Å². The lowest BCUT2D eigenvalue weighted by Gasteiger charge is -1.98. The van der Waals surface area contributed by atoms with Gasteiger partial charge in [-0.25, -0.2) is 0 Å². The molecular formula is C16H10O. The molecular weight excluding hydrogens is 208 g/mol. The average molecular weight is 219 g/mol. The van der Waals surface area contributed by atoms with E-state index in [4.69, 9.17) is 5.79 Å². The zero-order chi connectivity index (χ0) is 12.1. The molecule has 4 aromatic rings. The quantitative estimate of drug-likeness (QED) is 0.416. The van der Waals surface area contributed by atoms with E-state index in [0.717, 1.165) is 16.4 Å². The van der Waals surface area contributed by atoms with Gasteiger partial charge in [0.1, 0.15) is 11.2 Å². The van der Waals surface area contributed by atoms with Crippen LogP contribution < -0.4 is 0 Å². The number of furan rings is 1. The minimum atomic E-state index is 0.438. The van der Waals surface area contributed by atoms with Crippen molar-refractivity contribution in [3.8, 4) is 0 Å². The number of rotatable bonds is 0. The summed E-state index contributed by atoms with van der Waals surface area (Å²) in [5, 5.41) is 4.51. The highest BCUT2D eigenvalue weighted by molar-refractivity contribution is 6.18. The second kappa shape index (κ2) is 3.11. The molecule has 17 heavy (non-hydrogen) atoms. The zero-order valence-corrected chi connectivity index (χ0v) is 9.10. The van der Waals surface area contributed by atoms with E-state index in [0.29, 0.717) is 11.6 Å². The molecule has 1 heteroatoms. The summed E-state index contributed by atoms with van der Waals surface area (Å²) in [6, 6.07) is 18.4. The highest BCUT2D eigenvalue weighted by Gasteiger charge is 2.08. The summed E-state index contributed by atoms with van der Waals surface area (Å²) >= 11 is 0. The lowest BCUT2D eigenvalue weighted by molar-refractivity contribution is 0.669. The van der Waals surface area contributed by atoms with Crippen LogP contribution in [0, 0.1) is 0 Å². The maximum absolute atomic E-state index is 7.91. The van der Waals surface area contributed by atoms with Crippen LogP contribution in [-0.4, -0.2) is 0 Å². The van der Waals surface area contributed by atoms with Gasteiger partial charge in [0.2, 0.25) is 0 Å². The minimum Gasteiger partial charge on any atom is -0.456 e. The monoisotopic (exact) mass is 219 g/mol. The Balaban J connectivity index is 2.37. The molecule has 0 atom stereocenters. The van der Waals surface area contributed by atoms with E-state index < -0.39 is 0 Å². The summed E-state index contributed by atoms with van der Waals surface area (Å²) in [6.07, 6.45) is 0. The largest absolute Gasteiger partial charge is 0.456 e. The Hall–Kier alpha value is -2.28. The highest BCUT2D eigenvalue weighted by Crippen LogP contribution is 2.33. The van der Waals surface area contributed by atoms with Crippen LogP contribution in [0.2, 0.25) is 0 Å². The van der Waals surface area contributed by atoms with Crippen LogP contribution in [0.1, 0.15) is 1.37 Å². The molecule has 0 radical (unpaired) electrons. The van der Waals surface area contributed by atoms with Gasteiger partial charge in [0.25, 0.3) is 0 Å². The van der Waals surface area contributed by atoms with Crippen LogP contribution >= 0.6 is 0 Å². The van der Waals surface area contributed by atoms with E-state index in [-0.39, 0.29) is 0 Å². The topological polar surface area (TPSA) is 13.1 Å². The van der Waals surface area contributed by atoms with Gasteiger partial charge in [0.15, 0.2) is 0 Å². The Morgan fingerprint density at radius 3 is 2.59 bits per heavy atom. The summed E-state index contributed by atoms with van der Waals surface area (Å²) in [4.78, 5) is 0. The summed E-state index contributed by atoms with van der Waals surface area (Å²) in [7, 11) is 0. The Labute approximate surface area is 99.7 Å². The van der Waals surface area contributed by atoms with Gasteiger partial charge < -0.3 is 4.42 Å². The van der Waals surface area contributed by atoms with Gasteiger partial charge in [0, 0.05) is 10.8 Å². The Kier molecular flexibility index (Phi) is 1.45. The third-order valence-corrected chi connectivity index (χ3v) is 3.19. The van der Waals surface area contributed by atoms with E-state index in [1.165, 1.54) is 10.8 Å². The molecule has 0 saturated carbocycles. The minimum absolute atomic E-state index is 0.438. The van der Waals surface area contributed by atoms with E-state index in [2.05, 4.69) is 18.2 Å². The number of hydrogen-bond donors (Lipinski definition) is 0. The fourth-order valence-corrected chi connectivity index (χ4v) is 2.43. The van der Waals surface area contributed by atoms with Crippen LogP contribution in [0.25, 0.3) is 32.7 Å². The van der Waals surface area contributed by atoms with Crippen molar-refractivity contribution in [1.29, 1.82) is 0 Å². The number of hydrogen-bond acceptors (Lipinski definition) is 1. The Bertz CT molecular complexity index is 889. The molecule has 3 aromatic carbocycles. The summed E-state index contributed by atoms with van der Waals surface area (Å²) in [6.45, 7) is 0. The molecule has 0 aliphatic rings. The second-order valence-corrected chi connectivity index (χ2v) is 4.17. The lowest BCUT2D eigenvalue weighted by atomic mass is 10.0. The average Bonchev–Trinajstić information content (AvgIpc) is 2.79. The maximum Gasteiger partial charge on any atom is 0.136 e. The van der Waals surface area contributed by atoms with E-state index in [1.807, 2.05) is 30.3 Å². The van der Waals surface area contributed by atoms with Crippen molar-refractivity contribution in [1.82, 2.24) is 0 Å². The molecule has 0 unspecified atom stereocenters.